The van der Waals surface area contributed by atoms with Crippen molar-refractivity contribution in [3.63, 3.8) is 0 Å². The summed E-state index contributed by atoms with van der Waals surface area (Å²) in [5.41, 5.74) is 3.57. The molecule has 0 amide bonds. The minimum Gasteiger partial charge on any atom is -0.506 e. The Bertz CT molecular complexity index is 924. The van der Waals surface area contributed by atoms with E-state index in [1.54, 1.807) is 0 Å². The highest BCUT2D eigenvalue weighted by Gasteiger charge is 2.30. The third kappa shape index (κ3) is 7.30. The number of aromatic hydroxyl groups is 2. The van der Waals surface area contributed by atoms with Gasteiger partial charge in [0.25, 0.3) is 0 Å². The van der Waals surface area contributed by atoms with Crippen molar-refractivity contribution in [2.24, 2.45) is 10.8 Å². The van der Waals surface area contributed by atoms with Crippen molar-refractivity contribution < 1.29 is 10.2 Å². The predicted molar refractivity (Wildman–Crippen MR) is 143 cm³/mol. The number of hydrogen-bond acceptors (Lipinski definition) is 2. The van der Waals surface area contributed by atoms with Gasteiger partial charge >= 0.3 is 0 Å². The summed E-state index contributed by atoms with van der Waals surface area (Å²) < 4.78 is 0. The Balaban J connectivity index is 2.55. The summed E-state index contributed by atoms with van der Waals surface area (Å²) in [4.78, 5) is 0. The minimum atomic E-state index is -0.124. The topological polar surface area (TPSA) is 40.5 Å². The molecule has 0 saturated carbocycles. The Labute approximate surface area is 211 Å². The van der Waals surface area contributed by atoms with Crippen molar-refractivity contribution in [3.05, 3.63) is 56.6 Å². The van der Waals surface area contributed by atoms with Gasteiger partial charge in [-0.1, -0.05) is 105 Å². The smallest absolute Gasteiger partial charge is 0.137 e. The molecule has 2 nitrogen and oxygen atoms in total. The van der Waals surface area contributed by atoms with Crippen LogP contribution in [-0.4, -0.2) is 10.2 Å². The Hall–Kier alpha value is -1.38. The van der Waals surface area contributed by atoms with Gasteiger partial charge in [0.15, 0.2) is 0 Å². The second-order valence-corrected chi connectivity index (χ2v) is 14.2. The molecule has 0 fully saturated rings. The fourth-order valence-corrected chi connectivity index (χ4v) is 5.90. The zero-order valence-corrected chi connectivity index (χ0v) is 23.6. The van der Waals surface area contributed by atoms with Crippen LogP contribution in [0.1, 0.15) is 104 Å². The lowest BCUT2D eigenvalue weighted by Crippen LogP contribution is -2.25. The molecular formula is C29H42Cl2O2. The summed E-state index contributed by atoms with van der Waals surface area (Å²) in [6, 6.07) is 7.77. The highest BCUT2D eigenvalue weighted by atomic mass is 35.5. The molecule has 0 heterocycles. The lowest BCUT2D eigenvalue weighted by Gasteiger charge is -2.34. The van der Waals surface area contributed by atoms with Crippen LogP contribution in [-0.2, 0) is 17.3 Å². The molecule has 0 aliphatic carbocycles. The average Bonchev–Trinajstić information content (AvgIpc) is 2.58. The third-order valence-corrected chi connectivity index (χ3v) is 6.75. The second-order valence-electron chi connectivity index (χ2n) is 13.4. The highest BCUT2D eigenvalue weighted by molar-refractivity contribution is 6.32. The van der Waals surface area contributed by atoms with Gasteiger partial charge in [-0.15, -0.1) is 0 Å². The van der Waals surface area contributed by atoms with Gasteiger partial charge < -0.3 is 10.2 Å². The van der Waals surface area contributed by atoms with Crippen LogP contribution in [0, 0.1) is 10.8 Å². The molecule has 0 atom stereocenters. The van der Waals surface area contributed by atoms with E-state index < -0.39 is 0 Å². The van der Waals surface area contributed by atoms with E-state index >= 15 is 0 Å². The van der Waals surface area contributed by atoms with Crippen LogP contribution in [0.15, 0.2) is 24.3 Å². The fourth-order valence-electron chi connectivity index (χ4n) is 5.42. The number of halogens is 2. The highest BCUT2D eigenvalue weighted by Crippen LogP contribution is 2.43. The lowest BCUT2D eigenvalue weighted by atomic mass is 9.71. The Kier molecular flexibility index (Phi) is 7.89. The monoisotopic (exact) mass is 492 g/mol. The summed E-state index contributed by atoms with van der Waals surface area (Å²) in [5, 5.41) is 22.2. The molecule has 33 heavy (non-hydrogen) atoms. The fraction of sp³-hybridized carbons (Fsp3) is 0.586. The van der Waals surface area contributed by atoms with Crippen LogP contribution in [0.4, 0.5) is 0 Å². The third-order valence-electron chi connectivity index (χ3n) is 6.17. The second kappa shape index (κ2) is 9.34. The van der Waals surface area contributed by atoms with Crippen LogP contribution in [0.3, 0.4) is 0 Å². The van der Waals surface area contributed by atoms with Crippen molar-refractivity contribution in [3.8, 4) is 11.5 Å². The molecule has 0 radical (unpaired) electrons. The van der Waals surface area contributed by atoms with E-state index in [2.05, 4.69) is 69.2 Å². The van der Waals surface area contributed by atoms with E-state index in [0.29, 0.717) is 27.6 Å². The van der Waals surface area contributed by atoms with E-state index in [-0.39, 0.29) is 33.2 Å². The predicted octanol–water partition coefficient (Wildman–Crippen LogP) is 9.42. The number of phenolic OH excluding ortho intramolecular Hbond substituents is 2. The van der Waals surface area contributed by atoms with Gasteiger partial charge in [0.1, 0.15) is 11.5 Å². The first-order valence-corrected chi connectivity index (χ1v) is 12.5. The quantitative estimate of drug-likeness (QED) is 0.421. The number of rotatable bonds is 6. The van der Waals surface area contributed by atoms with E-state index in [0.717, 1.165) is 24.0 Å². The van der Waals surface area contributed by atoms with Crippen molar-refractivity contribution in [1.82, 2.24) is 0 Å². The molecule has 0 bridgehead atoms. The molecule has 0 aliphatic rings. The molecular weight excluding hydrogens is 451 g/mol. The van der Waals surface area contributed by atoms with Gasteiger partial charge in [-0.05, 0) is 57.8 Å². The van der Waals surface area contributed by atoms with Crippen molar-refractivity contribution >= 4 is 23.2 Å². The van der Waals surface area contributed by atoms with E-state index in [4.69, 9.17) is 23.2 Å². The normalized spacial score (nSPS) is 13.5. The molecule has 2 aromatic rings. The first-order chi connectivity index (χ1) is 14.7. The zero-order chi connectivity index (χ0) is 25.6. The van der Waals surface area contributed by atoms with Gasteiger partial charge in [-0.25, -0.2) is 0 Å². The molecule has 0 unspecified atom stereocenters. The molecule has 0 spiro atoms. The van der Waals surface area contributed by atoms with E-state index in [1.165, 1.54) is 0 Å². The molecule has 2 aromatic carbocycles. The van der Waals surface area contributed by atoms with Gasteiger partial charge in [0, 0.05) is 17.5 Å². The summed E-state index contributed by atoms with van der Waals surface area (Å²) in [6.07, 6.45) is 2.28. The molecule has 4 heteroatoms. The number of benzene rings is 2. The summed E-state index contributed by atoms with van der Waals surface area (Å²) in [6.45, 7) is 22.2. The SMILES string of the molecule is CC(C)(C)CC(C)(C)c1cc(Cl)c(O)c(Cc2cc(C(C)(C)CC(C)(C)C)cc(Cl)c2O)c1. The minimum absolute atomic E-state index is 0.0573. The van der Waals surface area contributed by atoms with Crippen LogP contribution in [0.2, 0.25) is 10.0 Å². The van der Waals surface area contributed by atoms with Gasteiger partial charge in [0.2, 0.25) is 0 Å². The Morgan fingerprint density at radius 3 is 1.15 bits per heavy atom. The standard InChI is InChI=1S/C29H42Cl2O2/c1-26(2,3)16-28(7,8)20-12-18(24(32)22(30)14-20)11-19-13-21(15-23(31)25(19)33)29(9,10)17-27(4,5)6/h12-15,32-33H,11,16-17H2,1-10H3. The maximum Gasteiger partial charge on any atom is 0.137 e. The summed E-state index contributed by atoms with van der Waals surface area (Å²) in [7, 11) is 0. The van der Waals surface area contributed by atoms with Crippen LogP contribution < -0.4 is 0 Å². The lowest BCUT2D eigenvalue weighted by molar-refractivity contribution is 0.283. The number of phenols is 2. The number of hydrogen-bond donors (Lipinski definition) is 2. The molecule has 184 valence electrons. The molecule has 0 aromatic heterocycles. The first-order valence-electron chi connectivity index (χ1n) is 11.8. The molecule has 2 N–H and O–H groups in total. The van der Waals surface area contributed by atoms with Crippen LogP contribution in [0.25, 0.3) is 0 Å². The van der Waals surface area contributed by atoms with E-state index in [1.807, 2.05) is 24.3 Å². The van der Waals surface area contributed by atoms with Crippen LogP contribution in [0.5, 0.6) is 11.5 Å². The van der Waals surface area contributed by atoms with E-state index in [9.17, 15) is 10.2 Å². The largest absolute Gasteiger partial charge is 0.506 e. The zero-order valence-electron chi connectivity index (χ0n) is 22.1. The van der Waals surface area contributed by atoms with Crippen LogP contribution >= 0.6 is 23.2 Å². The molecule has 2 rings (SSSR count). The van der Waals surface area contributed by atoms with Crippen molar-refractivity contribution in [2.75, 3.05) is 0 Å². The average molecular weight is 494 g/mol. The Morgan fingerprint density at radius 2 is 0.879 bits per heavy atom. The van der Waals surface area contributed by atoms with Crippen molar-refractivity contribution in [2.45, 2.75) is 99.3 Å². The molecule has 0 saturated heterocycles. The van der Waals surface area contributed by atoms with Crippen molar-refractivity contribution in [1.29, 1.82) is 0 Å². The van der Waals surface area contributed by atoms with Gasteiger partial charge in [-0.2, -0.15) is 0 Å². The maximum atomic E-state index is 10.8. The summed E-state index contributed by atoms with van der Waals surface area (Å²) in [5.74, 6) is 0.115. The Morgan fingerprint density at radius 1 is 0.576 bits per heavy atom. The van der Waals surface area contributed by atoms with Gasteiger partial charge in [0.05, 0.1) is 10.0 Å². The summed E-state index contributed by atoms with van der Waals surface area (Å²) >= 11 is 12.9. The van der Waals surface area contributed by atoms with Gasteiger partial charge in [-0.3, -0.25) is 0 Å². The first kappa shape index (κ1) is 27.9. The maximum absolute atomic E-state index is 10.8. The molecule has 0 aliphatic heterocycles.